The second-order valence-electron chi connectivity index (χ2n) is 3.56. The molecule has 0 aliphatic heterocycles. The maximum absolute atomic E-state index is 11.1. The third-order valence-corrected chi connectivity index (χ3v) is 3.47. The number of hydrogen-bond acceptors (Lipinski definition) is 1. The SMILES string of the molecule is O=CC1(Br)CC=CC=C1c1ccccc1. The van der Waals surface area contributed by atoms with E-state index in [9.17, 15) is 4.79 Å². The first-order valence-corrected chi connectivity index (χ1v) is 5.63. The van der Waals surface area contributed by atoms with Crippen molar-refractivity contribution >= 4 is 27.8 Å². The van der Waals surface area contributed by atoms with E-state index >= 15 is 0 Å². The van der Waals surface area contributed by atoms with Crippen LogP contribution in [0.3, 0.4) is 0 Å². The largest absolute Gasteiger partial charge is 0.301 e. The highest BCUT2D eigenvalue weighted by molar-refractivity contribution is 9.10. The lowest BCUT2D eigenvalue weighted by atomic mass is 9.87. The van der Waals surface area contributed by atoms with Crippen molar-refractivity contribution in [1.82, 2.24) is 0 Å². The molecule has 0 aromatic heterocycles. The highest BCUT2D eigenvalue weighted by Crippen LogP contribution is 2.38. The fourth-order valence-electron chi connectivity index (χ4n) is 1.72. The monoisotopic (exact) mass is 262 g/mol. The highest BCUT2D eigenvalue weighted by atomic mass is 79.9. The molecule has 0 heterocycles. The Morgan fingerprint density at radius 2 is 2.00 bits per heavy atom. The molecule has 1 unspecified atom stereocenters. The molecule has 1 atom stereocenters. The summed E-state index contributed by atoms with van der Waals surface area (Å²) in [5, 5.41) is 0. The Morgan fingerprint density at radius 3 is 2.67 bits per heavy atom. The van der Waals surface area contributed by atoms with Crippen LogP contribution in [0.15, 0.2) is 48.6 Å². The zero-order chi connectivity index (χ0) is 10.7. The number of hydrogen-bond donors (Lipinski definition) is 0. The number of alkyl halides is 1. The molecule has 1 aromatic carbocycles. The Hall–Kier alpha value is -1.15. The molecule has 2 heteroatoms. The molecule has 15 heavy (non-hydrogen) atoms. The number of carbonyl (C=O) groups excluding carboxylic acids is 1. The van der Waals surface area contributed by atoms with Crippen molar-refractivity contribution in [2.24, 2.45) is 0 Å². The highest BCUT2D eigenvalue weighted by Gasteiger charge is 2.31. The van der Waals surface area contributed by atoms with Gasteiger partial charge in [0.2, 0.25) is 0 Å². The van der Waals surface area contributed by atoms with Crippen molar-refractivity contribution in [3.05, 3.63) is 54.1 Å². The van der Waals surface area contributed by atoms with Gasteiger partial charge in [-0.25, -0.2) is 0 Å². The molecule has 1 nitrogen and oxygen atoms in total. The number of allylic oxidation sites excluding steroid dienone is 4. The Kier molecular flexibility index (Phi) is 2.87. The van der Waals surface area contributed by atoms with E-state index in [2.05, 4.69) is 15.9 Å². The van der Waals surface area contributed by atoms with Gasteiger partial charge in [-0.3, -0.25) is 0 Å². The molecule has 1 aromatic rings. The molecule has 0 N–H and O–H groups in total. The average molecular weight is 263 g/mol. The molecular weight excluding hydrogens is 252 g/mol. The third-order valence-electron chi connectivity index (χ3n) is 2.53. The molecule has 76 valence electrons. The van der Waals surface area contributed by atoms with Crippen molar-refractivity contribution in [3.63, 3.8) is 0 Å². The standard InChI is InChI=1S/C13H11BrO/c14-13(10-15)9-5-4-8-12(13)11-6-2-1-3-7-11/h1-8,10H,9H2. The van der Waals surface area contributed by atoms with E-state index in [1.165, 1.54) is 0 Å². The second kappa shape index (κ2) is 4.15. The van der Waals surface area contributed by atoms with Crippen LogP contribution in [0.25, 0.3) is 5.57 Å². The number of rotatable bonds is 2. The van der Waals surface area contributed by atoms with Crippen LogP contribution in [0, 0.1) is 0 Å². The smallest absolute Gasteiger partial charge is 0.141 e. The average Bonchev–Trinajstić information content (AvgIpc) is 2.31. The maximum Gasteiger partial charge on any atom is 0.141 e. The van der Waals surface area contributed by atoms with Crippen molar-refractivity contribution in [2.45, 2.75) is 10.7 Å². The molecule has 0 amide bonds. The van der Waals surface area contributed by atoms with Crippen molar-refractivity contribution < 1.29 is 4.79 Å². The van der Waals surface area contributed by atoms with Crippen LogP contribution >= 0.6 is 15.9 Å². The molecule has 0 saturated heterocycles. The summed E-state index contributed by atoms with van der Waals surface area (Å²) >= 11 is 3.51. The maximum atomic E-state index is 11.1. The summed E-state index contributed by atoms with van der Waals surface area (Å²) in [6.07, 6.45) is 7.65. The number of aldehydes is 1. The predicted molar refractivity (Wildman–Crippen MR) is 65.9 cm³/mol. The molecule has 0 spiro atoms. The van der Waals surface area contributed by atoms with Gasteiger partial charge in [-0.2, -0.15) is 0 Å². The van der Waals surface area contributed by atoms with E-state index in [1.54, 1.807) is 0 Å². The van der Waals surface area contributed by atoms with Gasteiger partial charge in [0, 0.05) is 0 Å². The molecule has 0 fully saturated rings. The molecule has 0 bridgehead atoms. The lowest BCUT2D eigenvalue weighted by Gasteiger charge is -2.25. The van der Waals surface area contributed by atoms with Gasteiger partial charge in [0.15, 0.2) is 0 Å². The summed E-state index contributed by atoms with van der Waals surface area (Å²) in [6, 6.07) is 9.97. The van der Waals surface area contributed by atoms with Gasteiger partial charge < -0.3 is 4.79 Å². The van der Waals surface area contributed by atoms with E-state index in [0.29, 0.717) is 6.42 Å². The number of halogens is 1. The van der Waals surface area contributed by atoms with Crippen LogP contribution in [-0.4, -0.2) is 10.6 Å². The van der Waals surface area contributed by atoms with Crippen LogP contribution in [0.4, 0.5) is 0 Å². The molecule has 1 aliphatic carbocycles. The summed E-state index contributed by atoms with van der Waals surface area (Å²) < 4.78 is -0.552. The quantitative estimate of drug-likeness (QED) is 0.590. The second-order valence-corrected chi connectivity index (χ2v) is 4.97. The van der Waals surface area contributed by atoms with Crippen LogP contribution in [-0.2, 0) is 4.79 Å². The molecule has 1 aliphatic rings. The van der Waals surface area contributed by atoms with E-state index < -0.39 is 4.32 Å². The lowest BCUT2D eigenvalue weighted by Crippen LogP contribution is -2.25. The van der Waals surface area contributed by atoms with Crippen molar-refractivity contribution in [2.75, 3.05) is 0 Å². The van der Waals surface area contributed by atoms with Crippen molar-refractivity contribution in [1.29, 1.82) is 0 Å². The minimum Gasteiger partial charge on any atom is -0.301 e. The first-order chi connectivity index (χ1) is 7.26. The molecule has 0 radical (unpaired) electrons. The summed E-state index contributed by atoms with van der Waals surface area (Å²) in [6.45, 7) is 0. The fraction of sp³-hybridized carbons (Fsp3) is 0.154. The predicted octanol–water partition coefficient (Wildman–Crippen LogP) is 3.36. The van der Waals surface area contributed by atoms with Gasteiger partial charge in [0.25, 0.3) is 0 Å². The zero-order valence-electron chi connectivity index (χ0n) is 8.19. The van der Waals surface area contributed by atoms with Crippen LogP contribution in [0.5, 0.6) is 0 Å². The van der Waals surface area contributed by atoms with Gasteiger partial charge in [-0.05, 0) is 17.6 Å². The van der Waals surface area contributed by atoms with Crippen molar-refractivity contribution in [3.8, 4) is 0 Å². The summed E-state index contributed by atoms with van der Waals surface area (Å²) in [5.74, 6) is 0. The first kappa shape index (κ1) is 10.4. The zero-order valence-corrected chi connectivity index (χ0v) is 9.78. The van der Waals surface area contributed by atoms with Crippen LogP contribution in [0.1, 0.15) is 12.0 Å². The lowest BCUT2D eigenvalue weighted by molar-refractivity contribution is -0.108. The fourth-order valence-corrected chi connectivity index (χ4v) is 2.27. The minimum absolute atomic E-state index is 0.552. The Morgan fingerprint density at radius 1 is 1.27 bits per heavy atom. The normalized spacial score (nSPS) is 24.7. The number of carbonyl (C=O) groups is 1. The summed E-state index contributed by atoms with van der Waals surface area (Å²) in [5.41, 5.74) is 2.12. The van der Waals surface area contributed by atoms with E-state index in [-0.39, 0.29) is 0 Å². The van der Waals surface area contributed by atoms with E-state index in [4.69, 9.17) is 0 Å². The Bertz CT molecular complexity index is 419. The molecule has 0 saturated carbocycles. The summed E-state index contributed by atoms with van der Waals surface area (Å²) in [4.78, 5) is 11.1. The topological polar surface area (TPSA) is 17.1 Å². The Labute approximate surface area is 97.6 Å². The molecule has 2 rings (SSSR count). The van der Waals surface area contributed by atoms with Crippen LogP contribution in [0.2, 0.25) is 0 Å². The number of benzene rings is 1. The van der Waals surface area contributed by atoms with Gasteiger partial charge >= 0.3 is 0 Å². The van der Waals surface area contributed by atoms with Gasteiger partial charge in [-0.15, -0.1) is 0 Å². The van der Waals surface area contributed by atoms with Gasteiger partial charge in [0.1, 0.15) is 10.6 Å². The summed E-state index contributed by atoms with van der Waals surface area (Å²) in [7, 11) is 0. The Balaban J connectivity index is 2.47. The van der Waals surface area contributed by atoms with E-state index in [0.717, 1.165) is 17.4 Å². The minimum atomic E-state index is -0.552. The first-order valence-electron chi connectivity index (χ1n) is 4.84. The van der Waals surface area contributed by atoms with Crippen LogP contribution < -0.4 is 0 Å². The van der Waals surface area contributed by atoms with Gasteiger partial charge in [-0.1, -0.05) is 64.5 Å². The van der Waals surface area contributed by atoms with Gasteiger partial charge in [0.05, 0.1) is 0 Å². The molecular formula is C13H11BrO. The third kappa shape index (κ3) is 1.95. The van der Waals surface area contributed by atoms with E-state index in [1.807, 2.05) is 48.6 Å².